The van der Waals surface area contributed by atoms with Gasteiger partial charge in [0.1, 0.15) is 0 Å². The topological polar surface area (TPSA) is 12.0 Å². The van der Waals surface area contributed by atoms with Gasteiger partial charge in [0.25, 0.3) is 0 Å². The van der Waals surface area contributed by atoms with Crippen LogP contribution in [-0.4, -0.2) is 6.54 Å². The van der Waals surface area contributed by atoms with E-state index in [1.807, 2.05) is 31.2 Å². The zero-order valence-electron chi connectivity index (χ0n) is 7.55. The first-order valence-electron chi connectivity index (χ1n) is 4.23. The van der Waals surface area contributed by atoms with Crippen molar-refractivity contribution in [2.24, 2.45) is 0 Å². The maximum Gasteiger partial charge on any atom is 0.0943 e. The Morgan fingerprint density at radius 3 is 2.92 bits per heavy atom. The Labute approximate surface area is 87.7 Å². The first kappa shape index (κ1) is 10.3. The van der Waals surface area contributed by atoms with Crippen LogP contribution in [0.15, 0.2) is 28.7 Å². The normalized spacial score (nSPS) is 12.1. The van der Waals surface area contributed by atoms with Crippen LogP contribution in [0.3, 0.4) is 0 Å². The van der Waals surface area contributed by atoms with Gasteiger partial charge in [0.2, 0.25) is 0 Å². The van der Waals surface area contributed by atoms with Crippen molar-refractivity contribution in [1.29, 1.82) is 0 Å². The Bertz CT molecular complexity index is 314. The SMILES string of the molecule is C#CC(NCC)c1cccc(Br)c1. The highest BCUT2D eigenvalue weighted by Gasteiger charge is 2.05. The van der Waals surface area contributed by atoms with E-state index in [-0.39, 0.29) is 6.04 Å². The summed E-state index contributed by atoms with van der Waals surface area (Å²) in [7, 11) is 0. The number of hydrogen-bond donors (Lipinski definition) is 1. The van der Waals surface area contributed by atoms with Gasteiger partial charge in [-0.05, 0) is 24.2 Å². The fraction of sp³-hybridized carbons (Fsp3) is 0.273. The minimum atomic E-state index is 0.0162. The average molecular weight is 238 g/mol. The lowest BCUT2D eigenvalue weighted by atomic mass is 10.1. The van der Waals surface area contributed by atoms with Gasteiger partial charge in [-0.3, -0.25) is 0 Å². The molecule has 2 heteroatoms. The van der Waals surface area contributed by atoms with Crippen molar-refractivity contribution in [2.45, 2.75) is 13.0 Å². The van der Waals surface area contributed by atoms with Gasteiger partial charge in [-0.25, -0.2) is 0 Å². The first-order valence-corrected chi connectivity index (χ1v) is 5.02. The molecule has 0 bridgehead atoms. The molecule has 0 aliphatic rings. The van der Waals surface area contributed by atoms with Crippen LogP contribution in [0.25, 0.3) is 0 Å². The van der Waals surface area contributed by atoms with Crippen molar-refractivity contribution < 1.29 is 0 Å². The largest absolute Gasteiger partial charge is 0.300 e. The van der Waals surface area contributed by atoms with Gasteiger partial charge < -0.3 is 5.32 Å². The van der Waals surface area contributed by atoms with Crippen LogP contribution in [0, 0.1) is 12.3 Å². The third-order valence-electron chi connectivity index (χ3n) is 1.76. The molecular weight excluding hydrogens is 226 g/mol. The lowest BCUT2D eigenvalue weighted by Gasteiger charge is -2.11. The van der Waals surface area contributed by atoms with Crippen LogP contribution >= 0.6 is 15.9 Å². The van der Waals surface area contributed by atoms with Crippen LogP contribution < -0.4 is 5.32 Å². The molecule has 1 atom stereocenters. The predicted octanol–water partition coefficient (Wildman–Crippen LogP) is 2.73. The molecule has 0 aliphatic heterocycles. The number of hydrogen-bond acceptors (Lipinski definition) is 1. The van der Waals surface area contributed by atoms with Gasteiger partial charge in [-0.2, -0.15) is 0 Å². The Morgan fingerprint density at radius 2 is 2.38 bits per heavy atom. The van der Waals surface area contributed by atoms with Crippen molar-refractivity contribution in [1.82, 2.24) is 5.32 Å². The van der Waals surface area contributed by atoms with Crippen LogP contribution in [0.2, 0.25) is 0 Å². The van der Waals surface area contributed by atoms with Crippen LogP contribution in [0.5, 0.6) is 0 Å². The summed E-state index contributed by atoms with van der Waals surface area (Å²) in [5.41, 5.74) is 1.12. The maximum atomic E-state index is 5.41. The van der Waals surface area contributed by atoms with Gasteiger partial charge in [-0.1, -0.05) is 40.9 Å². The molecule has 0 aromatic heterocycles. The Balaban J connectivity index is 2.86. The molecule has 68 valence electrons. The van der Waals surface area contributed by atoms with Gasteiger partial charge in [0.15, 0.2) is 0 Å². The molecular formula is C11H12BrN. The summed E-state index contributed by atoms with van der Waals surface area (Å²) in [6.07, 6.45) is 5.41. The minimum Gasteiger partial charge on any atom is -0.300 e. The highest BCUT2D eigenvalue weighted by molar-refractivity contribution is 9.10. The first-order chi connectivity index (χ1) is 6.27. The second kappa shape index (κ2) is 5.06. The monoisotopic (exact) mass is 237 g/mol. The molecule has 0 spiro atoms. The second-order valence-corrected chi connectivity index (χ2v) is 3.63. The molecule has 0 heterocycles. The third-order valence-corrected chi connectivity index (χ3v) is 2.25. The quantitative estimate of drug-likeness (QED) is 0.798. The number of rotatable bonds is 3. The minimum absolute atomic E-state index is 0.0162. The van der Waals surface area contributed by atoms with Gasteiger partial charge in [0.05, 0.1) is 6.04 Å². The van der Waals surface area contributed by atoms with Crippen molar-refractivity contribution in [3.63, 3.8) is 0 Å². The molecule has 0 aliphatic carbocycles. The summed E-state index contributed by atoms with van der Waals surface area (Å²) < 4.78 is 1.06. The van der Waals surface area contributed by atoms with Crippen molar-refractivity contribution >= 4 is 15.9 Å². The lowest BCUT2D eigenvalue weighted by molar-refractivity contribution is 0.665. The van der Waals surface area contributed by atoms with Gasteiger partial charge in [0, 0.05) is 4.47 Å². The number of halogens is 1. The molecule has 0 amide bonds. The molecule has 1 unspecified atom stereocenters. The summed E-state index contributed by atoms with van der Waals surface area (Å²) in [5, 5.41) is 3.22. The smallest absolute Gasteiger partial charge is 0.0943 e. The Morgan fingerprint density at radius 1 is 1.62 bits per heavy atom. The van der Waals surface area contributed by atoms with Crippen molar-refractivity contribution in [3.8, 4) is 12.3 Å². The van der Waals surface area contributed by atoms with Crippen LogP contribution in [-0.2, 0) is 0 Å². The standard InChI is InChI=1S/C11H12BrN/c1-3-11(13-4-2)9-6-5-7-10(12)8-9/h1,5-8,11,13H,4H2,2H3. The summed E-state index contributed by atoms with van der Waals surface area (Å²) in [6.45, 7) is 2.92. The molecule has 1 nitrogen and oxygen atoms in total. The summed E-state index contributed by atoms with van der Waals surface area (Å²) >= 11 is 3.41. The molecule has 0 saturated carbocycles. The molecule has 13 heavy (non-hydrogen) atoms. The third kappa shape index (κ3) is 2.87. The van der Waals surface area contributed by atoms with Gasteiger partial charge in [-0.15, -0.1) is 6.42 Å². The van der Waals surface area contributed by atoms with E-state index in [1.165, 1.54) is 0 Å². The Kier molecular flexibility index (Phi) is 4.01. The van der Waals surface area contributed by atoms with E-state index in [0.29, 0.717) is 0 Å². The average Bonchev–Trinajstić information content (AvgIpc) is 2.14. The summed E-state index contributed by atoms with van der Waals surface area (Å²) in [6, 6.07) is 8.05. The van der Waals surface area contributed by atoms with E-state index in [0.717, 1.165) is 16.6 Å². The zero-order valence-corrected chi connectivity index (χ0v) is 9.14. The fourth-order valence-electron chi connectivity index (χ4n) is 1.16. The second-order valence-electron chi connectivity index (χ2n) is 2.71. The van der Waals surface area contributed by atoms with E-state index in [1.54, 1.807) is 0 Å². The van der Waals surface area contributed by atoms with Crippen LogP contribution in [0.4, 0.5) is 0 Å². The van der Waals surface area contributed by atoms with E-state index >= 15 is 0 Å². The van der Waals surface area contributed by atoms with E-state index < -0.39 is 0 Å². The molecule has 0 fully saturated rings. The number of benzene rings is 1. The highest BCUT2D eigenvalue weighted by Crippen LogP contribution is 2.17. The van der Waals surface area contributed by atoms with Crippen LogP contribution in [0.1, 0.15) is 18.5 Å². The number of nitrogens with one attached hydrogen (secondary N) is 1. The zero-order chi connectivity index (χ0) is 9.68. The lowest BCUT2D eigenvalue weighted by Crippen LogP contribution is -2.18. The van der Waals surface area contributed by atoms with Crippen molar-refractivity contribution in [2.75, 3.05) is 6.54 Å². The maximum absolute atomic E-state index is 5.41. The van der Waals surface area contributed by atoms with E-state index in [4.69, 9.17) is 6.42 Å². The number of terminal acetylenes is 1. The highest BCUT2D eigenvalue weighted by atomic mass is 79.9. The molecule has 1 aromatic carbocycles. The van der Waals surface area contributed by atoms with E-state index in [2.05, 4.69) is 27.2 Å². The molecule has 1 N–H and O–H groups in total. The molecule has 1 aromatic rings. The molecule has 1 rings (SSSR count). The summed E-state index contributed by atoms with van der Waals surface area (Å²) in [4.78, 5) is 0. The molecule has 0 saturated heterocycles. The van der Waals surface area contributed by atoms with E-state index in [9.17, 15) is 0 Å². The Hall–Kier alpha value is -0.780. The van der Waals surface area contributed by atoms with Gasteiger partial charge >= 0.3 is 0 Å². The fourth-order valence-corrected chi connectivity index (χ4v) is 1.58. The molecule has 0 radical (unpaired) electrons. The predicted molar refractivity (Wildman–Crippen MR) is 59.4 cm³/mol. The van der Waals surface area contributed by atoms with Crippen molar-refractivity contribution in [3.05, 3.63) is 34.3 Å². The summed E-state index contributed by atoms with van der Waals surface area (Å²) in [5.74, 6) is 2.71.